The quantitative estimate of drug-likeness (QED) is 0.587. The lowest BCUT2D eigenvalue weighted by atomic mass is 10.1. The molecule has 6 heteroatoms. The van der Waals surface area contributed by atoms with Crippen molar-refractivity contribution in [2.45, 2.75) is 13.5 Å². The summed E-state index contributed by atoms with van der Waals surface area (Å²) in [6.45, 7) is -2.09. The number of carbonyl (C=O) groups excluding carboxylic acids is 2. The first kappa shape index (κ1) is 13.1. The summed E-state index contributed by atoms with van der Waals surface area (Å²) in [5, 5.41) is 0. The minimum Gasteiger partial charge on any atom is -0.457 e. The van der Waals surface area contributed by atoms with Crippen LogP contribution in [-0.4, -0.2) is 25.0 Å². The Morgan fingerprint density at radius 3 is 2.29 bits per heavy atom. The van der Waals surface area contributed by atoms with E-state index in [2.05, 4.69) is 9.47 Å². The van der Waals surface area contributed by atoms with Crippen LogP contribution in [0.15, 0.2) is 24.3 Å². The highest BCUT2D eigenvalue weighted by Crippen LogP contribution is 2.15. The first-order chi connectivity index (χ1) is 7.99. The van der Waals surface area contributed by atoms with Crippen LogP contribution in [0.1, 0.15) is 17.3 Å². The molecule has 17 heavy (non-hydrogen) atoms. The lowest BCUT2D eigenvalue weighted by Gasteiger charge is -2.05. The average Bonchev–Trinajstić information content (AvgIpc) is 2.26. The normalized spacial score (nSPS) is 10.1. The predicted octanol–water partition coefficient (Wildman–Crippen LogP) is 2.03. The molecule has 0 radical (unpaired) electrons. The standard InChI is InChI=1S/C11H10F2O4/c1-7(14)16-6-10(15)8-2-4-9(5-3-8)17-11(12)13/h2-5,11H,6H2,1H3. The monoisotopic (exact) mass is 244 g/mol. The summed E-state index contributed by atoms with van der Waals surface area (Å²) in [5.74, 6) is -1.01. The van der Waals surface area contributed by atoms with Crippen LogP contribution >= 0.6 is 0 Å². The number of ether oxygens (including phenoxy) is 2. The molecule has 0 amide bonds. The Morgan fingerprint density at radius 2 is 1.82 bits per heavy atom. The zero-order chi connectivity index (χ0) is 12.8. The number of Topliss-reactive ketones (excluding diaryl/α,β-unsaturated/α-hetero) is 1. The number of esters is 1. The molecular formula is C11H10F2O4. The van der Waals surface area contributed by atoms with Crippen molar-refractivity contribution in [2.24, 2.45) is 0 Å². The van der Waals surface area contributed by atoms with Gasteiger partial charge in [0.15, 0.2) is 12.4 Å². The largest absolute Gasteiger partial charge is 0.457 e. The molecule has 0 heterocycles. The maximum Gasteiger partial charge on any atom is 0.387 e. The molecule has 1 rings (SSSR count). The van der Waals surface area contributed by atoms with Crippen molar-refractivity contribution in [1.29, 1.82) is 0 Å². The molecule has 0 atom stereocenters. The van der Waals surface area contributed by atoms with Crippen molar-refractivity contribution >= 4 is 11.8 Å². The van der Waals surface area contributed by atoms with Gasteiger partial charge < -0.3 is 9.47 Å². The van der Waals surface area contributed by atoms with Gasteiger partial charge >= 0.3 is 12.6 Å². The van der Waals surface area contributed by atoms with E-state index in [1.807, 2.05) is 0 Å². The van der Waals surface area contributed by atoms with Crippen molar-refractivity contribution in [3.8, 4) is 5.75 Å². The van der Waals surface area contributed by atoms with Gasteiger partial charge in [-0.25, -0.2) is 0 Å². The summed E-state index contributed by atoms with van der Waals surface area (Å²) < 4.78 is 32.3. The number of alkyl halides is 2. The van der Waals surface area contributed by atoms with E-state index in [9.17, 15) is 18.4 Å². The average molecular weight is 244 g/mol. The number of halogens is 2. The zero-order valence-electron chi connectivity index (χ0n) is 8.98. The van der Waals surface area contributed by atoms with E-state index >= 15 is 0 Å². The van der Waals surface area contributed by atoms with E-state index < -0.39 is 18.4 Å². The number of benzene rings is 1. The molecule has 4 nitrogen and oxygen atoms in total. The Morgan fingerprint density at radius 1 is 1.24 bits per heavy atom. The molecule has 1 aromatic rings. The highest BCUT2D eigenvalue weighted by atomic mass is 19.3. The van der Waals surface area contributed by atoms with Crippen molar-refractivity contribution < 1.29 is 27.8 Å². The minimum atomic E-state index is -2.91. The Balaban J connectivity index is 2.60. The van der Waals surface area contributed by atoms with Gasteiger partial charge in [0, 0.05) is 12.5 Å². The van der Waals surface area contributed by atoms with Gasteiger partial charge in [0.1, 0.15) is 5.75 Å². The summed E-state index contributed by atoms with van der Waals surface area (Å²) in [5.41, 5.74) is 0.257. The van der Waals surface area contributed by atoms with E-state index in [0.29, 0.717) is 0 Å². The molecule has 0 aliphatic carbocycles. The van der Waals surface area contributed by atoms with Crippen molar-refractivity contribution in [3.05, 3.63) is 29.8 Å². The summed E-state index contributed by atoms with van der Waals surface area (Å²) in [6, 6.07) is 5.13. The van der Waals surface area contributed by atoms with Gasteiger partial charge in [-0.2, -0.15) is 8.78 Å². The van der Waals surface area contributed by atoms with Crippen LogP contribution in [0.5, 0.6) is 5.75 Å². The molecule has 0 aliphatic heterocycles. The molecule has 0 aliphatic rings. The molecule has 92 valence electrons. The molecule has 0 N–H and O–H groups in total. The molecule has 1 aromatic carbocycles. The summed E-state index contributed by atoms with van der Waals surface area (Å²) >= 11 is 0. The first-order valence-corrected chi connectivity index (χ1v) is 4.70. The van der Waals surface area contributed by atoms with Gasteiger partial charge in [0.05, 0.1) is 0 Å². The molecule has 0 saturated heterocycles. The summed E-state index contributed by atoms with van der Waals surface area (Å²) in [7, 11) is 0. The molecule has 0 unspecified atom stereocenters. The van der Waals surface area contributed by atoms with Gasteiger partial charge in [-0.1, -0.05) is 0 Å². The van der Waals surface area contributed by atoms with E-state index in [-0.39, 0.29) is 17.9 Å². The predicted molar refractivity (Wildman–Crippen MR) is 54.0 cm³/mol. The number of rotatable bonds is 5. The SMILES string of the molecule is CC(=O)OCC(=O)c1ccc(OC(F)F)cc1. The van der Waals surface area contributed by atoms with E-state index in [0.717, 1.165) is 0 Å². The first-order valence-electron chi connectivity index (χ1n) is 4.70. The van der Waals surface area contributed by atoms with E-state index in [4.69, 9.17) is 0 Å². The number of hydrogen-bond donors (Lipinski definition) is 0. The van der Waals surface area contributed by atoms with Gasteiger partial charge in [0.2, 0.25) is 0 Å². The Hall–Kier alpha value is -1.98. The second-order valence-electron chi connectivity index (χ2n) is 3.11. The third kappa shape index (κ3) is 4.58. The van der Waals surface area contributed by atoms with Crippen molar-refractivity contribution in [3.63, 3.8) is 0 Å². The van der Waals surface area contributed by atoms with E-state index in [1.165, 1.54) is 31.2 Å². The Labute approximate surface area is 96.1 Å². The minimum absolute atomic E-state index is 0.0379. The zero-order valence-corrected chi connectivity index (χ0v) is 8.98. The van der Waals surface area contributed by atoms with Crippen molar-refractivity contribution in [1.82, 2.24) is 0 Å². The van der Waals surface area contributed by atoms with Crippen LogP contribution < -0.4 is 4.74 Å². The Kier molecular flexibility index (Phi) is 4.56. The second-order valence-corrected chi connectivity index (χ2v) is 3.11. The highest BCUT2D eigenvalue weighted by molar-refractivity contribution is 5.97. The summed E-state index contributed by atoms with van der Waals surface area (Å²) in [4.78, 5) is 21.9. The molecule has 0 fully saturated rings. The van der Waals surface area contributed by atoms with Crippen LogP contribution in [0, 0.1) is 0 Å². The fourth-order valence-electron chi connectivity index (χ4n) is 1.07. The number of hydrogen-bond acceptors (Lipinski definition) is 4. The molecular weight excluding hydrogens is 234 g/mol. The number of ketones is 1. The number of carbonyl (C=O) groups is 2. The van der Waals surface area contributed by atoms with Gasteiger partial charge in [0.25, 0.3) is 0 Å². The fourth-order valence-corrected chi connectivity index (χ4v) is 1.07. The van der Waals surface area contributed by atoms with Crippen LogP contribution in [0.25, 0.3) is 0 Å². The second kappa shape index (κ2) is 5.93. The lowest BCUT2D eigenvalue weighted by Crippen LogP contribution is -2.11. The lowest BCUT2D eigenvalue weighted by molar-refractivity contribution is -0.139. The maximum absolute atomic E-state index is 11.8. The Bertz CT molecular complexity index is 400. The van der Waals surface area contributed by atoms with Crippen molar-refractivity contribution in [2.75, 3.05) is 6.61 Å². The molecule has 0 saturated carbocycles. The third-order valence-electron chi connectivity index (χ3n) is 1.81. The topological polar surface area (TPSA) is 52.6 Å². The van der Waals surface area contributed by atoms with Crippen LogP contribution in [0.3, 0.4) is 0 Å². The third-order valence-corrected chi connectivity index (χ3v) is 1.81. The fraction of sp³-hybridized carbons (Fsp3) is 0.273. The smallest absolute Gasteiger partial charge is 0.387 e. The highest BCUT2D eigenvalue weighted by Gasteiger charge is 2.09. The van der Waals surface area contributed by atoms with Gasteiger partial charge in [-0.15, -0.1) is 0 Å². The van der Waals surface area contributed by atoms with Gasteiger partial charge in [-0.05, 0) is 24.3 Å². The summed E-state index contributed by atoms with van der Waals surface area (Å²) in [6.07, 6.45) is 0. The van der Waals surface area contributed by atoms with Crippen LogP contribution in [0.4, 0.5) is 8.78 Å². The van der Waals surface area contributed by atoms with E-state index in [1.54, 1.807) is 0 Å². The maximum atomic E-state index is 11.8. The van der Waals surface area contributed by atoms with Crippen LogP contribution in [-0.2, 0) is 9.53 Å². The molecule has 0 bridgehead atoms. The van der Waals surface area contributed by atoms with Gasteiger partial charge in [-0.3, -0.25) is 9.59 Å². The molecule has 0 aromatic heterocycles. The molecule has 0 spiro atoms. The van der Waals surface area contributed by atoms with Crippen LogP contribution in [0.2, 0.25) is 0 Å².